The molecule has 1 aliphatic rings. The Kier molecular flexibility index (Phi) is 7.48. The molecule has 0 atom stereocenters. The average molecular weight is 665 g/mol. The summed E-state index contributed by atoms with van der Waals surface area (Å²) in [6.07, 6.45) is -2.03. The van der Waals surface area contributed by atoms with Crippen LogP contribution in [-0.4, -0.2) is 42.7 Å². The van der Waals surface area contributed by atoms with Crippen molar-refractivity contribution < 1.29 is 22.8 Å². The second kappa shape index (κ2) is 11.8. The van der Waals surface area contributed by atoms with E-state index in [1.807, 2.05) is 60.7 Å². The van der Waals surface area contributed by atoms with Gasteiger partial charge in [0.15, 0.2) is 21.5 Å². The number of thiazole rings is 1. The summed E-state index contributed by atoms with van der Waals surface area (Å²) in [5.41, 5.74) is 11.8. The number of alkyl halides is 3. The average Bonchev–Trinajstić information content (AvgIpc) is 3.76. The Morgan fingerprint density at radius 2 is 1.46 bits per heavy atom. The van der Waals surface area contributed by atoms with Crippen LogP contribution < -0.4 is 16.4 Å². The number of rotatable bonds is 4. The smallest absolute Gasteiger partial charge is 0.385 e. The lowest BCUT2D eigenvalue weighted by molar-refractivity contribution is -0.126. The van der Waals surface area contributed by atoms with E-state index in [9.17, 15) is 22.8 Å². The van der Waals surface area contributed by atoms with Crippen molar-refractivity contribution in [1.29, 1.82) is 0 Å². The van der Waals surface area contributed by atoms with Crippen LogP contribution in [0.1, 0.15) is 5.56 Å². The number of ketones is 2. The van der Waals surface area contributed by atoms with E-state index in [1.165, 1.54) is 41.1 Å². The molecule has 0 radical (unpaired) electrons. The number of halogens is 3. The van der Waals surface area contributed by atoms with E-state index in [0.29, 0.717) is 33.1 Å². The van der Waals surface area contributed by atoms with Gasteiger partial charge in [0.1, 0.15) is 22.7 Å². The molecule has 8 rings (SSSR count). The Hall–Kier alpha value is -6.28. The third-order valence-electron chi connectivity index (χ3n) is 7.47. The van der Waals surface area contributed by atoms with Crippen LogP contribution in [0.5, 0.6) is 0 Å². The highest BCUT2D eigenvalue weighted by Gasteiger charge is 2.43. The van der Waals surface area contributed by atoms with E-state index >= 15 is 0 Å². The summed E-state index contributed by atoms with van der Waals surface area (Å²) in [6.45, 7) is 0. The van der Waals surface area contributed by atoms with Crippen LogP contribution in [0.3, 0.4) is 0 Å². The maximum Gasteiger partial charge on any atom is 0.420 e. The van der Waals surface area contributed by atoms with Crippen molar-refractivity contribution in [3.05, 3.63) is 114 Å². The summed E-state index contributed by atoms with van der Waals surface area (Å²) < 4.78 is 41.5. The van der Waals surface area contributed by atoms with Crippen molar-refractivity contribution in [3.63, 3.8) is 0 Å². The molecule has 0 amide bonds. The molecule has 48 heavy (non-hydrogen) atoms. The van der Waals surface area contributed by atoms with Gasteiger partial charge in [-0.25, -0.2) is 9.97 Å². The number of H-pyrrole nitrogens is 2. The number of hydrogen-bond acceptors (Lipinski definition) is 9. The highest BCUT2D eigenvalue weighted by molar-refractivity contribution is 7.21. The molecule has 4 heterocycles. The van der Waals surface area contributed by atoms with Crippen molar-refractivity contribution in [1.82, 2.24) is 24.9 Å². The van der Waals surface area contributed by atoms with Crippen molar-refractivity contribution in [2.45, 2.75) is 6.18 Å². The number of fused-ring (bicyclic) bond motifs is 3. The third-order valence-corrected chi connectivity index (χ3v) is 8.26. The summed E-state index contributed by atoms with van der Waals surface area (Å²) in [4.78, 5) is 46.4. The van der Waals surface area contributed by atoms with Gasteiger partial charge in [0, 0.05) is 27.4 Å². The minimum Gasteiger partial charge on any atom is -0.385 e. The third kappa shape index (κ3) is 5.76. The summed E-state index contributed by atoms with van der Waals surface area (Å²) in [5.74, 6) is -0.747. The first-order valence-corrected chi connectivity index (χ1v) is 15.2. The molecule has 0 saturated carbocycles. The molecule has 4 aromatic heterocycles. The lowest BCUT2D eigenvalue weighted by Crippen LogP contribution is -2.25. The van der Waals surface area contributed by atoms with Crippen molar-refractivity contribution in [2.75, 3.05) is 16.4 Å². The van der Waals surface area contributed by atoms with Crippen LogP contribution in [-0.2, 0) is 9.59 Å². The number of carbonyl (C=O) groups excluding carboxylic acids is 2. The zero-order valence-corrected chi connectivity index (χ0v) is 25.4. The Balaban J connectivity index is 0.000000310. The molecule has 6 N–H and O–H groups in total. The predicted molar refractivity (Wildman–Crippen MR) is 181 cm³/mol. The topological polar surface area (TPSA) is 160 Å². The normalized spacial score (nSPS) is 13.4. The molecule has 10 nitrogen and oxygen atoms in total. The fourth-order valence-electron chi connectivity index (χ4n) is 5.42. The molecule has 0 bridgehead atoms. The zero-order valence-electron chi connectivity index (χ0n) is 24.6. The molecule has 0 fully saturated rings. The van der Waals surface area contributed by atoms with Gasteiger partial charge < -0.3 is 21.4 Å². The minimum atomic E-state index is -5.01. The van der Waals surface area contributed by atoms with E-state index in [2.05, 4.69) is 24.9 Å². The van der Waals surface area contributed by atoms with E-state index < -0.39 is 28.9 Å². The first kappa shape index (κ1) is 30.4. The van der Waals surface area contributed by atoms with Gasteiger partial charge in [-0.15, -0.1) is 0 Å². The van der Waals surface area contributed by atoms with Gasteiger partial charge in [-0.1, -0.05) is 59.9 Å². The van der Waals surface area contributed by atoms with Gasteiger partial charge in [0.05, 0.1) is 11.9 Å². The van der Waals surface area contributed by atoms with Crippen LogP contribution in [0.25, 0.3) is 37.7 Å². The minimum absolute atomic E-state index is 0.0678. The van der Waals surface area contributed by atoms with Gasteiger partial charge in [-0.05, 0) is 54.1 Å². The van der Waals surface area contributed by atoms with Gasteiger partial charge >= 0.3 is 6.18 Å². The Morgan fingerprint density at radius 3 is 2.17 bits per heavy atom. The summed E-state index contributed by atoms with van der Waals surface area (Å²) in [7, 11) is 0. The first-order valence-electron chi connectivity index (χ1n) is 14.3. The second-order valence-electron chi connectivity index (χ2n) is 10.7. The molecular weight excluding hydrogens is 641 g/mol. The molecule has 3 aromatic carbocycles. The molecule has 7 aromatic rings. The van der Waals surface area contributed by atoms with Gasteiger partial charge in [-0.3, -0.25) is 14.5 Å². The fraction of sp³-hybridized carbons (Fsp3) is 0.0294. The number of aromatic nitrogens is 5. The number of anilines is 5. The summed E-state index contributed by atoms with van der Waals surface area (Å²) >= 11 is 1.17. The van der Waals surface area contributed by atoms with Crippen LogP contribution in [0.15, 0.2) is 109 Å². The van der Waals surface area contributed by atoms with Gasteiger partial charge in [-0.2, -0.15) is 18.2 Å². The molecule has 14 heteroatoms. The number of nitrogen functional groups attached to an aromatic ring is 2. The number of hydrogen-bond donors (Lipinski definition) is 4. The maximum absolute atomic E-state index is 13.8. The maximum atomic E-state index is 13.8. The number of para-hydroxylation sites is 2. The SMILES string of the molecule is Nc1cc2ccccc2[nH]1.Nc1nc2cnc(N(c3cccc(C4=C(C(F)(F)F)C(=O)C=CC4=O)c3)c3cc4ccccc4[nH]3)nc2s1. The number of aromatic amines is 2. The standard InChI is InChI=1S/C26H15F3N6O2S.C8H8N2/c27-26(28,29)22-19(37)9-8-18(36)21(22)14-5-3-6-15(10-14)35(20-11-13-4-1-2-7-16(13)32-20)25-31-12-17-23(34-25)38-24(30)33-17;9-8-5-6-3-1-2-4-7(6)10-8/h1-12,32H,(H2,30,33);1-5,10H,9H2. The Labute approximate surface area is 273 Å². The van der Waals surface area contributed by atoms with E-state index in [0.717, 1.165) is 28.3 Å². The largest absolute Gasteiger partial charge is 0.420 e. The molecule has 0 unspecified atom stereocenters. The van der Waals surface area contributed by atoms with Crippen molar-refractivity contribution in [2.24, 2.45) is 0 Å². The number of nitrogens with zero attached hydrogens (tertiary/aromatic N) is 4. The zero-order chi connectivity index (χ0) is 33.6. The van der Waals surface area contributed by atoms with Crippen LogP contribution in [0, 0.1) is 0 Å². The van der Waals surface area contributed by atoms with E-state index in [-0.39, 0.29) is 11.5 Å². The number of nitrogens with one attached hydrogen (secondary N) is 2. The van der Waals surface area contributed by atoms with Crippen molar-refractivity contribution >= 4 is 89.0 Å². The lowest BCUT2D eigenvalue weighted by atomic mass is 9.89. The number of benzene rings is 3. The molecular formula is C34H23F3N8O2S. The summed E-state index contributed by atoms with van der Waals surface area (Å²) in [5, 5.41) is 2.36. The fourth-order valence-corrected chi connectivity index (χ4v) is 6.09. The highest BCUT2D eigenvalue weighted by Crippen LogP contribution is 2.40. The number of allylic oxidation sites excluding steroid dienone is 4. The molecule has 0 saturated heterocycles. The Bertz CT molecular complexity index is 2370. The number of nitrogens with two attached hydrogens (primary N) is 2. The van der Waals surface area contributed by atoms with E-state index in [1.54, 1.807) is 11.0 Å². The molecule has 238 valence electrons. The Morgan fingerprint density at radius 1 is 0.771 bits per heavy atom. The van der Waals surface area contributed by atoms with Crippen LogP contribution in [0.2, 0.25) is 0 Å². The van der Waals surface area contributed by atoms with Crippen LogP contribution in [0.4, 0.5) is 41.6 Å². The van der Waals surface area contributed by atoms with Gasteiger partial charge in [0.25, 0.3) is 0 Å². The molecule has 0 spiro atoms. The molecule has 0 aliphatic heterocycles. The van der Waals surface area contributed by atoms with E-state index in [4.69, 9.17) is 11.5 Å². The lowest BCUT2D eigenvalue weighted by Gasteiger charge is -2.23. The summed E-state index contributed by atoms with van der Waals surface area (Å²) in [6, 6.07) is 25.2. The number of carbonyl (C=O) groups is 2. The highest BCUT2D eigenvalue weighted by atomic mass is 32.1. The van der Waals surface area contributed by atoms with Gasteiger partial charge in [0.2, 0.25) is 5.95 Å². The quantitative estimate of drug-likeness (QED) is 0.142. The monoisotopic (exact) mass is 664 g/mol. The first-order chi connectivity index (χ1) is 23.0. The second-order valence-corrected chi connectivity index (χ2v) is 11.7. The van der Waals surface area contributed by atoms with Crippen molar-refractivity contribution in [3.8, 4) is 0 Å². The predicted octanol–water partition coefficient (Wildman–Crippen LogP) is 7.39. The van der Waals surface area contributed by atoms with Crippen LogP contribution >= 0.6 is 11.3 Å². The molecule has 1 aliphatic carbocycles.